The van der Waals surface area contributed by atoms with Gasteiger partial charge in [-0.05, 0) is 48.4 Å². The Balaban J connectivity index is 1.87. The molecule has 1 amide bonds. The molecule has 7 nitrogen and oxygen atoms in total. The van der Waals surface area contributed by atoms with E-state index in [9.17, 15) is 13.2 Å². The first-order valence-electron chi connectivity index (χ1n) is 10.5. The second-order valence-corrected chi connectivity index (χ2v) is 9.17. The average molecular weight is 469 g/mol. The standard InChI is InChI=1S/C25H28N2O5S/c1-4-22(19-15-16-23(31-2)24(17-19)32-3)26-25(28)18-27(20-11-7-5-8-12-20)33(29,30)21-13-9-6-10-14-21/h5-17,22H,4,18H2,1-3H3,(H,26,28). The first-order chi connectivity index (χ1) is 15.9. The van der Waals surface area contributed by atoms with Gasteiger partial charge in [0.25, 0.3) is 10.0 Å². The fourth-order valence-corrected chi connectivity index (χ4v) is 4.93. The molecule has 0 aliphatic carbocycles. The molecular formula is C25H28N2O5S. The van der Waals surface area contributed by atoms with Gasteiger partial charge in [-0.2, -0.15) is 0 Å². The second-order valence-electron chi connectivity index (χ2n) is 7.30. The molecule has 1 N–H and O–H groups in total. The number of anilines is 1. The Bertz CT molecular complexity index is 1170. The molecule has 0 bridgehead atoms. The molecule has 8 heteroatoms. The van der Waals surface area contributed by atoms with Crippen LogP contribution >= 0.6 is 0 Å². The van der Waals surface area contributed by atoms with E-state index in [1.165, 1.54) is 12.1 Å². The summed E-state index contributed by atoms with van der Waals surface area (Å²) in [5.74, 6) is 0.729. The van der Waals surface area contributed by atoms with E-state index in [1.807, 2.05) is 19.1 Å². The van der Waals surface area contributed by atoms with Crippen LogP contribution in [-0.2, 0) is 14.8 Å². The minimum atomic E-state index is -3.94. The Hall–Kier alpha value is -3.52. The van der Waals surface area contributed by atoms with Crippen molar-refractivity contribution in [1.82, 2.24) is 5.32 Å². The molecule has 0 aliphatic rings. The van der Waals surface area contributed by atoms with E-state index in [1.54, 1.807) is 68.8 Å². The molecule has 1 unspecified atom stereocenters. The fourth-order valence-electron chi connectivity index (χ4n) is 3.49. The largest absolute Gasteiger partial charge is 0.493 e. The van der Waals surface area contributed by atoms with Crippen molar-refractivity contribution in [2.75, 3.05) is 25.1 Å². The van der Waals surface area contributed by atoms with Crippen molar-refractivity contribution in [3.8, 4) is 11.5 Å². The Morgan fingerprint density at radius 3 is 2.09 bits per heavy atom. The first-order valence-corrected chi connectivity index (χ1v) is 12.0. The molecule has 174 valence electrons. The lowest BCUT2D eigenvalue weighted by molar-refractivity contribution is -0.120. The number of rotatable bonds is 10. The predicted molar refractivity (Wildman–Crippen MR) is 128 cm³/mol. The zero-order chi connectivity index (χ0) is 23.8. The summed E-state index contributed by atoms with van der Waals surface area (Å²) in [7, 11) is -0.834. The van der Waals surface area contributed by atoms with Crippen LogP contribution in [0.5, 0.6) is 11.5 Å². The maximum Gasteiger partial charge on any atom is 0.264 e. The lowest BCUT2D eigenvalue weighted by Crippen LogP contribution is -2.42. The maximum atomic E-state index is 13.4. The molecule has 3 rings (SSSR count). The van der Waals surface area contributed by atoms with Crippen molar-refractivity contribution in [3.63, 3.8) is 0 Å². The van der Waals surface area contributed by atoms with Crippen molar-refractivity contribution in [3.05, 3.63) is 84.4 Å². The van der Waals surface area contributed by atoms with Crippen molar-refractivity contribution in [2.24, 2.45) is 0 Å². The summed E-state index contributed by atoms with van der Waals surface area (Å²) in [6.45, 7) is 1.59. The molecule has 0 saturated carbocycles. The van der Waals surface area contributed by atoms with Crippen molar-refractivity contribution in [2.45, 2.75) is 24.3 Å². The monoisotopic (exact) mass is 468 g/mol. The number of hydrogen-bond acceptors (Lipinski definition) is 5. The van der Waals surface area contributed by atoms with Crippen LogP contribution in [0.2, 0.25) is 0 Å². The topological polar surface area (TPSA) is 84.9 Å². The third kappa shape index (κ3) is 5.64. The first kappa shape index (κ1) is 24.1. The van der Waals surface area contributed by atoms with Gasteiger partial charge < -0.3 is 14.8 Å². The minimum absolute atomic E-state index is 0.119. The number of methoxy groups -OCH3 is 2. The molecule has 0 saturated heterocycles. The lowest BCUT2D eigenvalue weighted by atomic mass is 10.0. The Morgan fingerprint density at radius 2 is 1.52 bits per heavy atom. The lowest BCUT2D eigenvalue weighted by Gasteiger charge is -2.26. The molecule has 1 atom stereocenters. The minimum Gasteiger partial charge on any atom is -0.493 e. The third-order valence-corrected chi connectivity index (χ3v) is 7.00. The summed E-state index contributed by atoms with van der Waals surface area (Å²) in [6, 6.07) is 21.8. The molecule has 3 aromatic carbocycles. The summed E-state index contributed by atoms with van der Waals surface area (Å²) in [5, 5.41) is 2.95. The molecule has 0 spiro atoms. The maximum absolute atomic E-state index is 13.4. The van der Waals surface area contributed by atoms with E-state index in [0.717, 1.165) is 9.87 Å². The number of benzene rings is 3. The zero-order valence-corrected chi connectivity index (χ0v) is 19.7. The van der Waals surface area contributed by atoms with Gasteiger partial charge in [-0.1, -0.05) is 49.4 Å². The van der Waals surface area contributed by atoms with Gasteiger partial charge in [0.2, 0.25) is 5.91 Å². The highest BCUT2D eigenvalue weighted by molar-refractivity contribution is 7.92. The van der Waals surface area contributed by atoms with Gasteiger partial charge in [-0.3, -0.25) is 9.10 Å². The number of carbonyl (C=O) groups is 1. The van der Waals surface area contributed by atoms with Gasteiger partial charge >= 0.3 is 0 Å². The van der Waals surface area contributed by atoms with Crippen LogP contribution in [-0.4, -0.2) is 35.1 Å². The normalized spacial score (nSPS) is 12.0. The van der Waals surface area contributed by atoms with Crippen LogP contribution in [0.15, 0.2) is 83.8 Å². The summed E-state index contributed by atoms with van der Waals surface area (Å²) in [6.07, 6.45) is 0.609. The SMILES string of the molecule is CCC(NC(=O)CN(c1ccccc1)S(=O)(=O)c1ccccc1)c1ccc(OC)c(OC)c1. The van der Waals surface area contributed by atoms with E-state index in [-0.39, 0.29) is 17.5 Å². The molecule has 0 fully saturated rings. The highest BCUT2D eigenvalue weighted by Crippen LogP contribution is 2.31. The van der Waals surface area contributed by atoms with Gasteiger partial charge in [0.1, 0.15) is 6.54 Å². The fraction of sp³-hybridized carbons (Fsp3) is 0.240. The smallest absolute Gasteiger partial charge is 0.264 e. The van der Waals surface area contributed by atoms with Gasteiger partial charge in [0.15, 0.2) is 11.5 Å². The van der Waals surface area contributed by atoms with Gasteiger partial charge in [-0.15, -0.1) is 0 Å². The molecule has 0 aromatic heterocycles. The number of ether oxygens (including phenoxy) is 2. The number of amides is 1. The van der Waals surface area contributed by atoms with Crippen molar-refractivity contribution >= 4 is 21.6 Å². The number of para-hydroxylation sites is 1. The van der Waals surface area contributed by atoms with Gasteiger partial charge in [-0.25, -0.2) is 8.42 Å². The molecule has 0 aliphatic heterocycles. The van der Waals surface area contributed by atoms with Crippen LogP contribution in [0.4, 0.5) is 5.69 Å². The molecule has 0 heterocycles. The van der Waals surface area contributed by atoms with E-state index in [4.69, 9.17) is 9.47 Å². The molecule has 3 aromatic rings. The highest BCUT2D eigenvalue weighted by Gasteiger charge is 2.28. The van der Waals surface area contributed by atoms with E-state index >= 15 is 0 Å². The van der Waals surface area contributed by atoms with Crippen LogP contribution in [0.1, 0.15) is 24.9 Å². The average Bonchev–Trinajstić information content (AvgIpc) is 2.86. The third-order valence-electron chi connectivity index (χ3n) is 5.22. The number of sulfonamides is 1. The number of nitrogens with zero attached hydrogens (tertiary/aromatic N) is 1. The highest BCUT2D eigenvalue weighted by atomic mass is 32.2. The summed E-state index contributed by atoms with van der Waals surface area (Å²) in [5.41, 5.74) is 1.25. The van der Waals surface area contributed by atoms with Crippen molar-refractivity contribution in [1.29, 1.82) is 0 Å². The number of nitrogens with one attached hydrogen (secondary N) is 1. The summed E-state index contributed by atoms with van der Waals surface area (Å²) >= 11 is 0. The van der Waals surface area contributed by atoms with Gasteiger partial charge in [0.05, 0.1) is 30.8 Å². The quantitative estimate of drug-likeness (QED) is 0.483. The van der Waals surface area contributed by atoms with Crippen LogP contribution in [0, 0.1) is 0 Å². The predicted octanol–water partition coefficient (Wildman–Crippen LogP) is 4.17. The summed E-state index contributed by atoms with van der Waals surface area (Å²) < 4.78 is 38.5. The van der Waals surface area contributed by atoms with E-state index in [0.29, 0.717) is 23.6 Å². The Labute approximate surface area is 195 Å². The van der Waals surface area contributed by atoms with Crippen LogP contribution in [0.3, 0.4) is 0 Å². The van der Waals surface area contributed by atoms with E-state index < -0.39 is 15.9 Å². The van der Waals surface area contributed by atoms with Crippen LogP contribution < -0.4 is 19.1 Å². The second kappa shape index (κ2) is 10.9. The zero-order valence-electron chi connectivity index (χ0n) is 18.9. The number of hydrogen-bond donors (Lipinski definition) is 1. The number of carbonyl (C=O) groups excluding carboxylic acids is 1. The Kier molecular flexibility index (Phi) is 7.95. The Morgan fingerprint density at radius 1 is 0.909 bits per heavy atom. The van der Waals surface area contributed by atoms with Crippen LogP contribution in [0.25, 0.3) is 0 Å². The van der Waals surface area contributed by atoms with Gasteiger partial charge in [0, 0.05) is 0 Å². The molecular weight excluding hydrogens is 440 g/mol. The molecule has 33 heavy (non-hydrogen) atoms. The van der Waals surface area contributed by atoms with E-state index in [2.05, 4.69) is 5.32 Å². The molecule has 0 radical (unpaired) electrons. The van der Waals surface area contributed by atoms with Crippen molar-refractivity contribution < 1.29 is 22.7 Å². The summed E-state index contributed by atoms with van der Waals surface area (Å²) in [4.78, 5) is 13.2.